The molecule has 8 nitrogen and oxygen atoms in total. The molecule has 1 atom stereocenters. The normalized spacial score (nSPS) is 16.4. The minimum atomic E-state index is -0.0123. The molecule has 3 N–H and O–H groups in total. The number of anilines is 2. The highest BCUT2D eigenvalue weighted by molar-refractivity contribution is 5.85. The van der Waals surface area contributed by atoms with E-state index in [0.717, 1.165) is 25.1 Å². The molecule has 0 bridgehead atoms. The summed E-state index contributed by atoms with van der Waals surface area (Å²) in [5.74, 6) is 1.25. The summed E-state index contributed by atoms with van der Waals surface area (Å²) in [6, 6.07) is 1.89. The van der Waals surface area contributed by atoms with Crippen LogP contribution < -0.4 is 11.1 Å². The Morgan fingerprint density at radius 2 is 2.12 bits per heavy atom. The van der Waals surface area contributed by atoms with Crippen molar-refractivity contribution in [2.24, 2.45) is 5.73 Å². The van der Waals surface area contributed by atoms with Gasteiger partial charge in [-0.25, -0.2) is 15.0 Å². The van der Waals surface area contributed by atoms with Crippen LogP contribution in [0.2, 0.25) is 0 Å². The summed E-state index contributed by atoms with van der Waals surface area (Å²) in [6.45, 7) is 1.47. The van der Waals surface area contributed by atoms with Gasteiger partial charge in [-0.05, 0) is 18.9 Å². The van der Waals surface area contributed by atoms with E-state index >= 15 is 0 Å². The highest BCUT2D eigenvalue weighted by Crippen LogP contribution is 2.26. The number of nitrogens with one attached hydrogen (secondary N) is 1. The molecule has 0 spiro atoms. The summed E-state index contributed by atoms with van der Waals surface area (Å²) in [5, 5.41) is 3.03. The Hall–Kier alpha value is -2.03. The highest BCUT2D eigenvalue weighted by Gasteiger charge is 2.25. The number of amides is 1. The van der Waals surface area contributed by atoms with Crippen molar-refractivity contribution in [3.8, 4) is 0 Å². The lowest BCUT2D eigenvalue weighted by Gasteiger charge is -2.32. The average Bonchev–Trinajstić information content (AvgIpc) is 2.62. The number of carbonyl (C=O) groups is 1. The molecule has 10 heteroatoms. The lowest BCUT2D eigenvalue weighted by molar-refractivity contribution is -0.130. The zero-order valence-corrected chi connectivity index (χ0v) is 15.2. The molecule has 1 amide bonds. The molecular weight excluding hydrogens is 365 g/mol. The fourth-order valence-electron chi connectivity index (χ4n) is 2.71. The van der Waals surface area contributed by atoms with Crippen LogP contribution in [0, 0.1) is 0 Å². The van der Waals surface area contributed by atoms with Gasteiger partial charge in [0.05, 0.1) is 18.4 Å². The summed E-state index contributed by atoms with van der Waals surface area (Å²) in [4.78, 5) is 30.5. The number of hydrogen-bond acceptors (Lipinski definition) is 7. The minimum absolute atomic E-state index is 0. The molecule has 1 fully saturated rings. The molecule has 2 aromatic rings. The van der Waals surface area contributed by atoms with Gasteiger partial charge in [0.15, 0.2) is 5.82 Å². The molecule has 0 radical (unpaired) electrons. The number of aromatic nitrogens is 4. The van der Waals surface area contributed by atoms with E-state index in [0.29, 0.717) is 18.3 Å². The summed E-state index contributed by atoms with van der Waals surface area (Å²) in [6.07, 6.45) is 8.48. The van der Waals surface area contributed by atoms with E-state index in [-0.39, 0.29) is 43.2 Å². The van der Waals surface area contributed by atoms with Crippen molar-refractivity contribution in [2.45, 2.75) is 18.8 Å². The number of carbonyl (C=O) groups excluding carboxylic acids is 1. The monoisotopic (exact) mass is 385 g/mol. The van der Waals surface area contributed by atoms with Gasteiger partial charge in [0.25, 0.3) is 0 Å². The molecule has 25 heavy (non-hydrogen) atoms. The molecule has 1 aliphatic heterocycles. The third kappa shape index (κ3) is 5.48. The first-order valence-electron chi connectivity index (χ1n) is 7.60. The quantitative estimate of drug-likeness (QED) is 0.820. The maximum atomic E-state index is 11.8. The Bertz CT molecular complexity index is 674. The Balaban J connectivity index is 0.00000156. The lowest BCUT2D eigenvalue weighted by Crippen LogP contribution is -2.42. The van der Waals surface area contributed by atoms with E-state index in [4.69, 9.17) is 5.73 Å². The van der Waals surface area contributed by atoms with Crippen molar-refractivity contribution < 1.29 is 4.79 Å². The number of likely N-dealkylation sites (tertiary alicyclic amines) is 1. The maximum Gasteiger partial charge on any atom is 0.236 e. The first kappa shape index (κ1) is 21.0. The third-order valence-corrected chi connectivity index (χ3v) is 3.85. The number of nitrogens with two attached hydrogens (primary N) is 1. The summed E-state index contributed by atoms with van der Waals surface area (Å²) < 4.78 is 0. The van der Waals surface area contributed by atoms with Crippen molar-refractivity contribution in [1.29, 1.82) is 0 Å². The van der Waals surface area contributed by atoms with E-state index in [2.05, 4.69) is 25.3 Å². The van der Waals surface area contributed by atoms with Crippen molar-refractivity contribution in [2.75, 3.05) is 25.0 Å². The lowest BCUT2D eigenvalue weighted by atomic mass is 9.94. The second-order valence-electron chi connectivity index (χ2n) is 5.40. The van der Waals surface area contributed by atoms with Gasteiger partial charge in [0, 0.05) is 37.6 Å². The van der Waals surface area contributed by atoms with E-state index in [1.807, 2.05) is 11.0 Å². The van der Waals surface area contributed by atoms with Gasteiger partial charge in [0.1, 0.15) is 0 Å². The molecule has 2 aromatic heterocycles. The molecular formula is C15H21Cl2N7O. The van der Waals surface area contributed by atoms with Crippen molar-refractivity contribution >= 4 is 42.5 Å². The first-order chi connectivity index (χ1) is 11.3. The van der Waals surface area contributed by atoms with Crippen LogP contribution in [-0.2, 0) is 4.79 Å². The smallest absolute Gasteiger partial charge is 0.236 e. The van der Waals surface area contributed by atoms with Gasteiger partial charge in [-0.1, -0.05) is 0 Å². The Labute approximate surface area is 158 Å². The van der Waals surface area contributed by atoms with Gasteiger partial charge in [-0.15, -0.1) is 24.8 Å². The predicted octanol–water partition coefficient (Wildman–Crippen LogP) is 1.52. The highest BCUT2D eigenvalue weighted by atomic mass is 35.5. The fraction of sp³-hybridized carbons (Fsp3) is 0.400. The minimum Gasteiger partial charge on any atom is -0.341 e. The fourth-order valence-corrected chi connectivity index (χ4v) is 2.71. The molecule has 0 saturated carbocycles. The number of nitrogens with zero attached hydrogens (tertiary/aromatic N) is 5. The zero-order valence-electron chi connectivity index (χ0n) is 13.5. The number of piperidine rings is 1. The molecule has 3 heterocycles. The number of hydrogen-bond donors (Lipinski definition) is 2. The molecule has 3 rings (SSSR count). The summed E-state index contributed by atoms with van der Waals surface area (Å²) in [5.41, 5.74) is 6.37. The first-order valence-corrected chi connectivity index (χ1v) is 7.60. The zero-order chi connectivity index (χ0) is 16.1. The average molecular weight is 386 g/mol. The largest absolute Gasteiger partial charge is 0.341 e. The van der Waals surface area contributed by atoms with E-state index < -0.39 is 0 Å². The van der Waals surface area contributed by atoms with Crippen molar-refractivity contribution in [1.82, 2.24) is 24.8 Å². The van der Waals surface area contributed by atoms with E-state index in [1.165, 1.54) is 0 Å². The standard InChI is InChI=1S/C15H19N7O.2ClH/c16-8-14(23)22-7-1-2-11(10-22)12-3-4-19-15(20-12)21-13-9-17-5-6-18-13;;/h3-6,9,11H,1-2,7-8,10,16H2,(H,18,19,20,21);2*1H. The van der Waals surface area contributed by atoms with Crippen molar-refractivity contribution in [3.05, 3.63) is 36.5 Å². The van der Waals surface area contributed by atoms with E-state index in [1.54, 1.807) is 24.8 Å². The molecule has 136 valence electrons. The van der Waals surface area contributed by atoms with Crippen molar-refractivity contribution in [3.63, 3.8) is 0 Å². The van der Waals surface area contributed by atoms with E-state index in [9.17, 15) is 4.79 Å². The molecule has 1 unspecified atom stereocenters. The second-order valence-corrected chi connectivity index (χ2v) is 5.40. The Morgan fingerprint density at radius 3 is 2.84 bits per heavy atom. The van der Waals surface area contributed by atoms with Crippen LogP contribution in [0.25, 0.3) is 0 Å². The predicted molar refractivity (Wildman–Crippen MR) is 99.5 cm³/mol. The molecule has 0 aromatic carbocycles. The number of halogens is 2. The summed E-state index contributed by atoms with van der Waals surface area (Å²) >= 11 is 0. The van der Waals surface area contributed by atoms with Gasteiger partial charge < -0.3 is 16.0 Å². The van der Waals surface area contributed by atoms with Gasteiger partial charge >= 0.3 is 0 Å². The summed E-state index contributed by atoms with van der Waals surface area (Å²) in [7, 11) is 0. The maximum absolute atomic E-state index is 11.8. The van der Waals surface area contributed by atoms with Gasteiger partial charge in [0.2, 0.25) is 11.9 Å². The van der Waals surface area contributed by atoms with Crippen LogP contribution >= 0.6 is 24.8 Å². The number of rotatable bonds is 4. The van der Waals surface area contributed by atoms with Gasteiger partial charge in [-0.2, -0.15) is 0 Å². The van der Waals surface area contributed by atoms with Gasteiger partial charge in [-0.3, -0.25) is 9.78 Å². The van der Waals surface area contributed by atoms with Crippen LogP contribution in [-0.4, -0.2) is 50.4 Å². The topological polar surface area (TPSA) is 110 Å². The SMILES string of the molecule is Cl.Cl.NCC(=O)N1CCCC(c2ccnc(Nc3cnccn3)n2)C1. The van der Waals surface area contributed by atoms with Crippen LogP contribution in [0.15, 0.2) is 30.9 Å². The Kier molecular flexibility index (Phi) is 8.47. The molecule has 0 aliphatic carbocycles. The molecule has 1 saturated heterocycles. The second kappa shape index (κ2) is 10.1. The third-order valence-electron chi connectivity index (χ3n) is 3.85. The van der Waals surface area contributed by atoms with Crippen LogP contribution in [0.5, 0.6) is 0 Å². The molecule has 1 aliphatic rings. The van der Waals surface area contributed by atoms with Crippen LogP contribution in [0.1, 0.15) is 24.5 Å². The van der Waals surface area contributed by atoms with Crippen LogP contribution in [0.3, 0.4) is 0 Å². The Morgan fingerprint density at radius 1 is 1.28 bits per heavy atom. The van der Waals surface area contributed by atoms with Crippen LogP contribution in [0.4, 0.5) is 11.8 Å².